The van der Waals surface area contributed by atoms with E-state index in [0.29, 0.717) is 23.8 Å². The number of aliphatic hydroxyl groups excluding tert-OH is 1. The predicted molar refractivity (Wildman–Crippen MR) is 173 cm³/mol. The molecule has 230 valence electrons. The maximum atomic E-state index is 12.5. The Labute approximate surface area is 271 Å². The van der Waals surface area contributed by atoms with E-state index in [-0.39, 0.29) is 35.8 Å². The van der Waals surface area contributed by atoms with Crippen LogP contribution in [0.3, 0.4) is 0 Å². The van der Waals surface area contributed by atoms with Crippen molar-refractivity contribution in [3.05, 3.63) is 142 Å². The number of benzene rings is 3. The fraction of sp³-hybridized carbons (Fsp3) is 0.229. The SMILES string of the molecule is CC1C(Cn2cnc(Cl)c2Cl)OC(c2cccc(-c3cccc(CNC(=O)c4cccnc4)c3)c2)OC1c1ccc(CO)cc1. The maximum Gasteiger partial charge on any atom is 0.253 e. The molecule has 2 N–H and O–H groups in total. The molecular weight excluding hydrogens is 611 g/mol. The van der Waals surface area contributed by atoms with Crippen LogP contribution in [0.15, 0.2) is 104 Å². The molecule has 4 atom stereocenters. The molecule has 3 aromatic carbocycles. The monoisotopic (exact) mass is 642 g/mol. The van der Waals surface area contributed by atoms with Gasteiger partial charge in [0.15, 0.2) is 11.4 Å². The zero-order valence-electron chi connectivity index (χ0n) is 24.5. The lowest BCUT2D eigenvalue weighted by Gasteiger charge is -2.41. The van der Waals surface area contributed by atoms with Crippen molar-refractivity contribution in [1.82, 2.24) is 19.9 Å². The van der Waals surface area contributed by atoms with Gasteiger partial charge in [0, 0.05) is 30.4 Å². The van der Waals surface area contributed by atoms with E-state index >= 15 is 0 Å². The number of halogens is 2. The highest BCUT2D eigenvalue weighted by Crippen LogP contribution is 2.43. The quantitative estimate of drug-likeness (QED) is 0.177. The summed E-state index contributed by atoms with van der Waals surface area (Å²) in [4.78, 5) is 20.7. The number of carbonyl (C=O) groups is 1. The van der Waals surface area contributed by atoms with Crippen LogP contribution in [0, 0.1) is 5.92 Å². The van der Waals surface area contributed by atoms with Gasteiger partial charge in [-0.1, -0.05) is 90.8 Å². The number of rotatable bonds is 9. The minimum absolute atomic E-state index is 0.0273. The molecule has 0 saturated carbocycles. The van der Waals surface area contributed by atoms with Gasteiger partial charge in [0.1, 0.15) is 5.15 Å². The molecule has 0 bridgehead atoms. The lowest BCUT2D eigenvalue weighted by Crippen LogP contribution is -2.39. The third-order valence-electron chi connectivity index (χ3n) is 8.03. The van der Waals surface area contributed by atoms with Crippen LogP contribution in [0.25, 0.3) is 11.1 Å². The molecule has 4 unspecified atom stereocenters. The number of carbonyl (C=O) groups excluding carboxylic acids is 1. The molecule has 5 aromatic rings. The first-order valence-corrected chi connectivity index (χ1v) is 15.4. The lowest BCUT2D eigenvalue weighted by atomic mass is 9.90. The summed E-state index contributed by atoms with van der Waals surface area (Å²) in [6.45, 7) is 2.89. The molecule has 2 aromatic heterocycles. The smallest absolute Gasteiger partial charge is 0.253 e. The Morgan fingerprint density at radius 2 is 1.71 bits per heavy atom. The van der Waals surface area contributed by atoms with Crippen LogP contribution in [0.5, 0.6) is 0 Å². The van der Waals surface area contributed by atoms with Gasteiger partial charge in [0.25, 0.3) is 5.91 Å². The number of aromatic nitrogens is 3. The van der Waals surface area contributed by atoms with Crippen molar-refractivity contribution in [3.63, 3.8) is 0 Å². The number of amides is 1. The number of pyridine rings is 1. The van der Waals surface area contributed by atoms with Gasteiger partial charge in [-0.2, -0.15) is 0 Å². The van der Waals surface area contributed by atoms with E-state index < -0.39 is 6.29 Å². The van der Waals surface area contributed by atoms with Crippen LogP contribution in [0.2, 0.25) is 10.3 Å². The number of nitrogens with zero attached hydrogens (tertiary/aromatic N) is 3. The van der Waals surface area contributed by atoms with Crippen LogP contribution in [0.1, 0.15) is 51.9 Å². The second-order valence-corrected chi connectivity index (χ2v) is 11.8. The molecule has 1 aliphatic rings. The van der Waals surface area contributed by atoms with Crippen LogP contribution >= 0.6 is 23.2 Å². The third-order valence-corrected chi connectivity index (χ3v) is 8.80. The van der Waals surface area contributed by atoms with Crippen molar-refractivity contribution in [3.8, 4) is 11.1 Å². The molecule has 0 spiro atoms. The summed E-state index contributed by atoms with van der Waals surface area (Å²) in [6, 6.07) is 27.4. The molecule has 45 heavy (non-hydrogen) atoms. The number of ether oxygens (including phenoxy) is 2. The van der Waals surface area contributed by atoms with Gasteiger partial charge < -0.3 is 24.5 Å². The Kier molecular flexibility index (Phi) is 9.59. The average Bonchev–Trinajstić information content (AvgIpc) is 3.41. The number of nitrogens with one attached hydrogen (secondary N) is 1. The first-order valence-electron chi connectivity index (χ1n) is 14.6. The fourth-order valence-electron chi connectivity index (χ4n) is 5.50. The lowest BCUT2D eigenvalue weighted by molar-refractivity contribution is -0.276. The van der Waals surface area contributed by atoms with E-state index in [1.807, 2.05) is 60.7 Å². The summed E-state index contributed by atoms with van der Waals surface area (Å²) in [7, 11) is 0. The molecule has 6 rings (SSSR count). The van der Waals surface area contributed by atoms with E-state index in [1.54, 1.807) is 35.4 Å². The fourth-order valence-corrected chi connectivity index (χ4v) is 5.81. The Bertz CT molecular complexity index is 1760. The van der Waals surface area contributed by atoms with Gasteiger partial charge in [-0.05, 0) is 52.1 Å². The standard InChI is InChI=1S/C35H32Cl2N4O4/c1-22-30(19-41-21-40-32(36)33(41)37)44-35(45-31(22)25-12-10-23(20-42)11-13-25)28-8-3-7-27(16-28)26-6-2-5-24(15-26)17-39-34(43)29-9-4-14-38-18-29/h2-16,18,21-22,30-31,35,42H,17,19-20H2,1H3,(H,39,43). The summed E-state index contributed by atoms with van der Waals surface area (Å²) < 4.78 is 15.0. The Morgan fingerprint density at radius 1 is 0.933 bits per heavy atom. The number of hydrogen-bond acceptors (Lipinski definition) is 6. The molecular formula is C35H32Cl2N4O4. The summed E-state index contributed by atoms with van der Waals surface area (Å²) in [5, 5.41) is 13.1. The predicted octanol–water partition coefficient (Wildman–Crippen LogP) is 7.17. The van der Waals surface area contributed by atoms with Crippen LogP contribution in [-0.4, -0.2) is 31.7 Å². The van der Waals surface area contributed by atoms with E-state index in [1.165, 1.54) is 0 Å². The zero-order chi connectivity index (χ0) is 31.3. The summed E-state index contributed by atoms with van der Waals surface area (Å²) in [5.41, 5.74) is 6.17. The number of imidazole rings is 1. The van der Waals surface area contributed by atoms with Crippen LogP contribution in [-0.2, 0) is 29.2 Å². The summed E-state index contributed by atoms with van der Waals surface area (Å²) in [6.07, 6.45) is 3.58. The highest BCUT2D eigenvalue weighted by atomic mass is 35.5. The van der Waals surface area contributed by atoms with Gasteiger partial charge in [-0.25, -0.2) is 4.98 Å². The normalized spacial score (nSPS) is 19.7. The van der Waals surface area contributed by atoms with Crippen LogP contribution < -0.4 is 5.32 Å². The van der Waals surface area contributed by atoms with Crippen molar-refractivity contribution >= 4 is 29.1 Å². The number of hydrogen-bond donors (Lipinski definition) is 2. The van der Waals surface area contributed by atoms with Crippen molar-refractivity contribution in [2.75, 3.05) is 0 Å². The highest BCUT2D eigenvalue weighted by Gasteiger charge is 2.39. The maximum absolute atomic E-state index is 12.5. The van der Waals surface area contributed by atoms with Gasteiger partial charge in [-0.3, -0.25) is 9.78 Å². The van der Waals surface area contributed by atoms with Gasteiger partial charge in [0.05, 0.1) is 37.3 Å². The van der Waals surface area contributed by atoms with Crippen LogP contribution in [0.4, 0.5) is 0 Å². The minimum Gasteiger partial charge on any atom is -0.392 e. The first kappa shape index (κ1) is 31.0. The van der Waals surface area contributed by atoms with E-state index in [4.69, 9.17) is 32.7 Å². The molecule has 1 fully saturated rings. The van der Waals surface area contributed by atoms with Crippen molar-refractivity contribution in [2.24, 2.45) is 5.92 Å². The van der Waals surface area contributed by atoms with E-state index in [0.717, 1.165) is 33.4 Å². The topological polar surface area (TPSA) is 98.5 Å². The first-order chi connectivity index (χ1) is 21.9. The molecule has 10 heteroatoms. The Morgan fingerprint density at radius 3 is 2.42 bits per heavy atom. The van der Waals surface area contributed by atoms with Gasteiger partial charge in [0.2, 0.25) is 0 Å². The molecule has 1 aliphatic heterocycles. The van der Waals surface area contributed by atoms with Gasteiger partial charge in [-0.15, -0.1) is 0 Å². The summed E-state index contributed by atoms with van der Waals surface area (Å²) in [5.74, 6) is -0.217. The molecule has 8 nitrogen and oxygen atoms in total. The second kappa shape index (κ2) is 13.9. The second-order valence-electron chi connectivity index (χ2n) is 11.1. The van der Waals surface area contributed by atoms with E-state index in [9.17, 15) is 9.90 Å². The number of aliphatic hydroxyl groups is 1. The Balaban J connectivity index is 1.25. The molecule has 0 radical (unpaired) electrons. The van der Waals surface area contributed by atoms with E-state index in [2.05, 4.69) is 34.3 Å². The minimum atomic E-state index is -0.659. The largest absolute Gasteiger partial charge is 0.392 e. The third kappa shape index (κ3) is 7.11. The zero-order valence-corrected chi connectivity index (χ0v) is 26.0. The molecule has 1 saturated heterocycles. The molecule has 3 heterocycles. The Hall–Kier alpha value is -4.05. The molecule has 0 aliphatic carbocycles. The average molecular weight is 644 g/mol. The molecule has 1 amide bonds. The van der Waals surface area contributed by atoms with Crippen molar-refractivity contribution in [2.45, 2.75) is 45.1 Å². The highest BCUT2D eigenvalue weighted by molar-refractivity contribution is 6.40. The van der Waals surface area contributed by atoms with Gasteiger partial charge >= 0.3 is 0 Å². The van der Waals surface area contributed by atoms with Crippen molar-refractivity contribution in [1.29, 1.82) is 0 Å². The summed E-state index contributed by atoms with van der Waals surface area (Å²) >= 11 is 12.6. The van der Waals surface area contributed by atoms with Crippen molar-refractivity contribution < 1.29 is 19.4 Å².